The third-order valence-corrected chi connectivity index (χ3v) is 3.77. The van der Waals surface area contributed by atoms with E-state index >= 15 is 0 Å². The number of hydrogen-bond acceptors (Lipinski definition) is 3. The van der Waals surface area contributed by atoms with Gasteiger partial charge in [0.05, 0.1) is 13.2 Å². The number of aryl methyl sites for hydroxylation is 1. The lowest BCUT2D eigenvalue weighted by Gasteiger charge is -2.42. The Kier molecular flexibility index (Phi) is 2.18. The summed E-state index contributed by atoms with van der Waals surface area (Å²) in [5.74, 6) is 0. The Bertz CT molecular complexity index is 304. The van der Waals surface area contributed by atoms with Crippen LogP contribution in [0.25, 0.3) is 0 Å². The van der Waals surface area contributed by atoms with Crippen LogP contribution in [-0.2, 0) is 4.74 Å². The van der Waals surface area contributed by atoms with E-state index in [4.69, 9.17) is 10.5 Å². The van der Waals surface area contributed by atoms with Gasteiger partial charge in [0.15, 0.2) is 0 Å². The Morgan fingerprint density at radius 1 is 1.54 bits per heavy atom. The maximum atomic E-state index is 6.18. The van der Waals surface area contributed by atoms with Gasteiger partial charge in [-0.15, -0.1) is 11.3 Å². The monoisotopic (exact) mass is 197 g/mol. The molecule has 1 aromatic rings. The molecule has 2 N–H and O–H groups in total. The molecule has 2 rings (SSSR count). The Balaban J connectivity index is 2.17. The van der Waals surface area contributed by atoms with Gasteiger partial charge in [-0.3, -0.25) is 0 Å². The molecule has 0 aliphatic carbocycles. The van der Waals surface area contributed by atoms with Crippen molar-refractivity contribution in [3.05, 3.63) is 21.9 Å². The molecule has 0 spiro atoms. The van der Waals surface area contributed by atoms with Gasteiger partial charge in [-0.25, -0.2) is 0 Å². The van der Waals surface area contributed by atoms with E-state index in [2.05, 4.69) is 26.0 Å². The lowest BCUT2D eigenvalue weighted by molar-refractivity contribution is -0.115. The van der Waals surface area contributed by atoms with E-state index in [-0.39, 0.29) is 11.5 Å². The van der Waals surface area contributed by atoms with Crippen LogP contribution < -0.4 is 5.73 Å². The molecule has 1 aliphatic heterocycles. The molecule has 0 aromatic carbocycles. The van der Waals surface area contributed by atoms with Crippen molar-refractivity contribution in [3.63, 3.8) is 0 Å². The van der Waals surface area contributed by atoms with Crippen LogP contribution in [0.4, 0.5) is 0 Å². The van der Waals surface area contributed by atoms with Gasteiger partial charge in [-0.2, -0.15) is 0 Å². The molecule has 1 aliphatic rings. The molecule has 1 aromatic heterocycles. The first-order valence-electron chi connectivity index (χ1n) is 4.51. The molecule has 0 bridgehead atoms. The van der Waals surface area contributed by atoms with Gasteiger partial charge in [0.25, 0.3) is 0 Å². The average Bonchev–Trinajstić information content (AvgIpc) is 2.46. The molecule has 13 heavy (non-hydrogen) atoms. The molecule has 1 fully saturated rings. The highest BCUT2D eigenvalue weighted by Gasteiger charge is 2.40. The molecule has 72 valence electrons. The summed E-state index contributed by atoms with van der Waals surface area (Å²) in [4.78, 5) is 2.61. The first-order valence-corrected chi connectivity index (χ1v) is 5.33. The molecule has 2 heterocycles. The van der Waals surface area contributed by atoms with Gasteiger partial charge < -0.3 is 10.5 Å². The van der Waals surface area contributed by atoms with Crippen molar-refractivity contribution in [1.82, 2.24) is 0 Å². The molecular weight excluding hydrogens is 182 g/mol. The van der Waals surface area contributed by atoms with E-state index in [0.29, 0.717) is 0 Å². The average molecular weight is 197 g/mol. The largest absolute Gasteiger partial charge is 0.380 e. The maximum Gasteiger partial charge on any atom is 0.0560 e. The number of ether oxygens (including phenoxy) is 1. The highest BCUT2D eigenvalue weighted by atomic mass is 32.1. The summed E-state index contributed by atoms with van der Waals surface area (Å²) in [6.45, 7) is 5.90. The third kappa shape index (κ3) is 1.52. The number of rotatable bonds is 2. The molecule has 1 saturated heterocycles. The first kappa shape index (κ1) is 9.19. The van der Waals surface area contributed by atoms with Crippen LogP contribution in [0.5, 0.6) is 0 Å². The normalized spacial score (nSPS) is 22.4. The second-order valence-electron chi connectivity index (χ2n) is 4.07. The van der Waals surface area contributed by atoms with Crippen LogP contribution in [0, 0.1) is 12.3 Å². The summed E-state index contributed by atoms with van der Waals surface area (Å²) in [5, 5.41) is 0. The molecule has 0 saturated carbocycles. The van der Waals surface area contributed by atoms with Crippen LogP contribution in [0.2, 0.25) is 0 Å². The molecule has 3 heteroatoms. The molecule has 2 nitrogen and oxygen atoms in total. The number of hydrogen-bond donors (Lipinski definition) is 1. The van der Waals surface area contributed by atoms with Crippen molar-refractivity contribution >= 4 is 11.3 Å². The lowest BCUT2D eigenvalue weighted by atomic mass is 9.80. The predicted octanol–water partition coefficient (Wildman–Crippen LogP) is 2.09. The fourth-order valence-corrected chi connectivity index (χ4v) is 2.62. The Morgan fingerprint density at radius 2 is 2.23 bits per heavy atom. The summed E-state index contributed by atoms with van der Waals surface area (Å²) in [6, 6.07) is 4.40. The fraction of sp³-hybridized carbons (Fsp3) is 0.600. The second kappa shape index (κ2) is 3.08. The Labute approximate surface area is 82.7 Å². The SMILES string of the molecule is Cc1ccc(C(N)C2(C)COC2)s1. The zero-order valence-corrected chi connectivity index (χ0v) is 8.86. The molecule has 0 radical (unpaired) electrons. The molecular formula is C10H15NOS. The standard InChI is InChI=1S/C10H15NOS/c1-7-3-4-8(13-7)9(11)10(2)5-12-6-10/h3-4,9H,5-6,11H2,1-2H3. The van der Waals surface area contributed by atoms with Crippen LogP contribution in [-0.4, -0.2) is 13.2 Å². The quantitative estimate of drug-likeness (QED) is 0.788. The molecule has 1 unspecified atom stereocenters. The third-order valence-electron chi connectivity index (χ3n) is 2.68. The van der Waals surface area contributed by atoms with Crippen LogP contribution in [0.1, 0.15) is 22.7 Å². The Morgan fingerprint density at radius 3 is 2.62 bits per heavy atom. The minimum Gasteiger partial charge on any atom is -0.380 e. The fourth-order valence-electron chi connectivity index (χ4n) is 1.57. The summed E-state index contributed by atoms with van der Waals surface area (Å²) >= 11 is 1.79. The van der Waals surface area contributed by atoms with Crippen molar-refractivity contribution < 1.29 is 4.74 Å². The summed E-state index contributed by atoms with van der Waals surface area (Å²) in [6.07, 6.45) is 0. The minimum atomic E-state index is 0.139. The van der Waals surface area contributed by atoms with Gasteiger partial charge in [0.2, 0.25) is 0 Å². The Hall–Kier alpha value is -0.380. The van der Waals surface area contributed by atoms with Crippen molar-refractivity contribution in [2.24, 2.45) is 11.1 Å². The van der Waals surface area contributed by atoms with Gasteiger partial charge in [-0.05, 0) is 19.1 Å². The van der Waals surface area contributed by atoms with Gasteiger partial charge in [0, 0.05) is 21.2 Å². The van der Waals surface area contributed by atoms with E-state index < -0.39 is 0 Å². The van der Waals surface area contributed by atoms with E-state index in [0.717, 1.165) is 13.2 Å². The van der Waals surface area contributed by atoms with E-state index in [1.807, 2.05) is 0 Å². The van der Waals surface area contributed by atoms with Crippen molar-refractivity contribution in [2.75, 3.05) is 13.2 Å². The van der Waals surface area contributed by atoms with E-state index in [1.165, 1.54) is 9.75 Å². The number of nitrogens with two attached hydrogens (primary N) is 1. The van der Waals surface area contributed by atoms with Gasteiger partial charge in [-0.1, -0.05) is 6.92 Å². The topological polar surface area (TPSA) is 35.2 Å². The highest BCUT2D eigenvalue weighted by Crippen LogP contribution is 2.40. The zero-order chi connectivity index (χ0) is 9.47. The summed E-state index contributed by atoms with van der Waals surface area (Å²) in [7, 11) is 0. The van der Waals surface area contributed by atoms with Crippen molar-refractivity contribution in [3.8, 4) is 0 Å². The molecule has 0 amide bonds. The van der Waals surface area contributed by atoms with Gasteiger partial charge >= 0.3 is 0 Å². The van der Waals surface area contributed by atoms with Crippen LogP contribution >= 0.6 is 11.3 Å². The predicted molar refractivity (Wildman–Crippen MR) is 54.9 cm³/mol. The highest BCUT2D eigenvalue weighted by molar-refractivity contribution is 7.12. The van der Waals surface area contributed by atoms with Crippen LogP contribution in [0.3, 0.4) is 0 Å². The van der Waals surface area contributed by atoms with Gasteiger partial charge in [0.1, 0.15) is 0 Å². The zero-order valence-electron chi connectivity index (χ0n) is 8.04. The van der Waals surface area contributed by atoms with E-state index in [9.17, 15) is 0 Å². The van der Waals surface area contributed by atoms with E-state index in [1.54, 1.807) is 11.3 Å². The lowest BCUT2D eigenvalue weighted by Crippen LogP contribution is -2.47. The summed E-state index contributed by atoms with van der Waals surface area (Å²) < 4.78 is 5.21. The smallest absolute Gasteiger partial charge is 0.0560 e. The van der Waals surface area contributed by atoms with Crippen molar-refractivity contribution in [2.45, 2.75) is 19.9 Å². The minimum absolute atomic E-state index is 0.139. The summed E-state index contributed by atoms with van der Waals surface area (Å²) in [5.41, 5.74) is 6.34. The second-order valence-corrected chi connectivity index (χ2v) is 5.39. The maximum absolute atomic E-state index is 6.18. The van der Waals surface area contributed by atoms with Crippen LogP contribution in [0.15, 0.2) is 12.1 Å². The van der Waals surface area contributed by atoms with Crippen molar-refractivity contribution in [1.29, 1.82) is 0 Å². The first-order chi connectivity index (χ1) is 6.12. The number of thiophene rings is 1. The molecule has 1 atom stereocenters.